The average Bonchev–Trinajstić information content (AvgIpc) is 3.34. The van der Waals surface area contributed by atoms with Crippen LogP contribution < -0.4 is 20.7 Å². The van der Waals surface area contributed by atoms with Gasteiger partial charge >= 0.3 is 0 Å². The Bertz CT molecular complexity index is 1030. The quantitative estimate of drug-likeness (QED) is 0.416. The number of benzene rings is 2. The third-order valence-corrected chi connectivity index (χ3v) is 4.47. The van der Waals surface area contributed by atoms with E-state index in [4.69, 9.17) is 9.15 Å². The van der Waals surface area contributed by atoms with E-state index in [2.05, 4.69) is 16.0 Å². The topological polar surface area (TPSA) is 110 Å². The molecule has 0 fully saturated rings. The summed E-state index contributed by atoms with van der Waals surface area (Å²) in [5.41, 5.74) is 1.72. The molecule has 1 aromatic heterocycles. The molecule has 0 bridgehead atoms. The first kappa shape index (κ1) is 22.6. The van der Waals surface area contributed by atoms with Crippen LogP contribution in [0.25, 0.3) is 0 Å². The molecule has 3 amide bonds. The van der Waals surface area contributed by atoms with Gasteiger partial charge in [-0.1, -0.05) is 0 Å². The molecular weight excluding hydrogens is 410 g/mol. The predicted octanol–water partition coefficient (Wildman–Crippen LogP) is 4.08. The summed E-state index contributed by atoms with van der Waals surface area (Å²) in [6.45, 7) is 2.85. The maximum Gasteiger partial charge on any atom is 0.286 e. The molecule has 0 aliphatic heterocycles. The normalized spacial score (nSPS) is 10.3. The molecule has 0 atom stereocenters. The van der Waals surface area contributed by atoms with Gasteiger partial charge in [0.2, 0.25) is 5.91 Å². The standard InChI is InChI=1S/C24H25N3O5/c1-2-31-20-13-11-19(12-14-20)27-23(29)17-7-9-18(10-8-17)26-22(28)6-3-15-25-24(30)21-5-4-16-32-21/h4-5,7-14,16H,2-3,6,15H2,1H3,(H,25,30)(H,26,28)(H,27,29). The molecule has 0 unspecified atom stereocenters. The molecule has 32 heavy (non-hydrogen) atoms. The van der Waals surface area contributed by atoms with Gasteiger partial charge in [0.05, 0.1) is 12.9 Å². The Labute approximate surface area is 186 Å². The Morgan fingerprint density at radius 1 is 0.875 bits per heavy atom. The summed E-state index contributed by atoms with van der Waals surface area (Å²) in [4.78, 5) is 36.2. The van der Waals surface area contributed by atoms with Gasteiger partial charge in [0.1, 0.15) is 5.75 Å². The number of hydrogen-bond acceptors (Lipinski definition) is 5. The van der Waals surface area contributed by atoms with Crippen LogP contribution in [0.4, 0.5) is 11.4 Å². The highest BCUT2D eigenvalue weighted by Gasteiger charge is 2.09. The van der Waals surface area contributed by atoms with E-state index in [0.717, 1.165) is 5.75 Å². The maximum atomic E-state index is 12.4. The van der Waals surface area contributed by atoms with Gasteiger partial charge in [0, 0.05) is 29.9 Å². The average molecular weight is 435 g/mol. The van der Waals surface area contributed by atoms with Crippen LogP contribution in [0, 0.1) is 0 Å². The van der Waals surface area contributed by atoms with E-state index in [1.54, 1.807) is 60.7 Å². The van der Waals surface area contributed by atoms with Gasteiger partial charge in [-0.2, -0.15) is 0 Å². The molecule has 3 aromatic rings. The zero-order valence-electron chi connectivity index (χ0n) is 17.7. The second kappa shape index (κ2) is 11.4. The van der Waals surface area contributed by atoms with E-state index in [1.807, 2.05) is 6.92 Å². The van der Waals surface area contributed by atoms with Crippen LogP contribution in [0.15, 0.2) is 71.3 Å². The number of amides is 3. The van der Waals surface area contributed by atoms with E-state index in [1.165, 1.54) is 6.26 Å². The van der Waals surface area contributed by atoms with E-state index >= 15 is 0 Å². The van der Waals surface area contributed by atoms with Crippen molar-refractivity contribution in [3.05, 3.63) is 78.3 Å². The van der Waals surface area contributed by atoms with Crippen molar-refractivity contribution in [1.82, 2.24) is 5.32 Å². The second-order valence-corrected chi connectivity index (χ2v) is 6.87. The molecule has 0 aliphatic rings. The fourth-order valence-electron chi connectivity index (χ4n) is 2.88. The first-order chi connectivity index (χ1) is 15.5. The molecule has 2 aromatic carbocycles. The molecule has 0 aliphatic carbocycles. The Hall–Kier alpha value is -4.07. The lowest BCUT2D eigenvalue weighted by Crippen LogP contribution is -2.25. The molecule has 0 saturated heterocycles. The molecule has 3 rings (SSSR count). The highest BCUT2D eigenvalue weighted by atomic mass is 16.5. The summed E-state index contributed by atoms with van der Waals surface area (Å²) in [5.74, 6) is 0.240. The number of carbonyl (C=O) groups is 3. The minimum Gasteiger partial charge on any atom is -0.494 e. The van der Waals surface area contributed by atoms with E-state index in [-0.39, 0.29) is 29.9 Å². The van der Waals surface area contributed by atoms with Crippen LogP contribution in [0.3, 0.4) is 0 Å². The van der Waals surface area contributed by atoms with Crippen LogP contribution in [-0.2, 0) is 4.79 Å². The van der Waals surface area contributed by atoms with Gasteiger partial charge in [-0.3, -0.25) is 14.4 Å². The van der Waals surface area contributed by atoms with E-state index in [9.17, 15) is 14.4 Å². The van der Waals surface area contributed by atoms with Crippen molar-refractivity contribution in [2.45, 2.75) is 19.8 Å². The third kappa shape index (κ3) is 6.73. The zero-order valence-corrected chi connectivity index (χ0v) is 17.7. The number of rotatable bonds is 10. The van der Waals surface area contributed by atoms with Gasteiger partial charge in [-0.15, -0.1) is 0 Å². The molecule has 8 heteroatoms. The lowest BCUT2D eigenvalue weighted by molar-refractivity contribution is -0.116. The van der Waals surface area contributed by atoms with Crippen molar-refractivity contribution in [1.29, 1.82) is 0 Å². The van der Waals surface area contributed by atoms with Gasteiger partial charge in [0.15, 0.2) is 5.76 Å². The van der Waals surface area contributed by atoms with Gasteiger partial charge in [0.25, 0.3) is 11.8 Å². The second-order valence-electron chi connectivity index (χ2n) is 6.87. The largest absolute Gasteiger partial charge is 0.494 e. The minimum atomic E-state index is -0.311. The summed E-state index contributed by atoms with van der Waals surface area (Å²) in [5, 5.41) is 8.28. The van der Waals surface area contributed by atoms with Crippen LogP contribution in [0.2, 0.25) is 0 Å². The molecular formula is C24H25N3O5. The van der Waals surface area contributed by atoms with Crippen LogP contribution in [0.1, 0.15) is 40.7 Å². The highest BCUT2D eigenvalue weighted by Crippen LogP contribution is 2.17. The lowest BCUT2D eigenvalue weighted by atomic mass is 10.2. The molecule has 8 nitrogen and oxygen atoms in total. The first-order valence-electron chi connectivity index (χ1n) is 10.3. The highest BCUT2D eigenvalue weighted by molar-refractivity contribution is 6.04. The summed E-state index contributed by atoms with van der Waals surface area (Å²) < 4.78 is 10.4. The van der Waals surface area contributed by atoms with Gasteiger partial charge < -0.3 is 25.1 Å². The van der Waals surface area contributed by atoms with Gasteiger partial charge in [-0.25, -0.2) is 0 Å². The summed E-state index contributed by atoms with van der Waals surface area (Å²) in [7, 11) is 0. The molecule has 166 valence electrons. The first-order valence-corrected chi connectivity index (χ1v) is 10.3. The van der Waals surface area contributed by atoms with Crippen molar-refractivity contribution < 1.29 is 23.5 Å². The van der Waals surface area contributed by atoms with Crippen LogP contribution >= 0.6 is 0 Å². The summed E-state index contributed by atoms with van der Waals surface area (Å²) in [6, 6.07) is 17.0. The van der Waals surface area contributed by atoms with Gasteiger partial charge in [-0.05, 0) is 74.0 Å². The maximum absolute atomic E-state index is 12.4. The Balaban J connectivity index is 1.40. The number of nitrogens with one attached hydrogen (secondary N) is 3. The smallest absolute Gasteiger partial charge is 0.286 e. The van der Waals surface area contributed by atoms with Crippen molar-refractivity contribution in [2.24, 2.45) is 0 Å². The summed E-state index contributed by atoms with van der Waals surface area (Å²) >= 11 is 0. The van der Waals surface area contributed by atoms with Crippen molar-refractivity contribution >= 4 is 29.1 Å². The monoisotopic (exact) mass is 435 g/mol. The van der Waals surface area contributed by atoms with Crippen molar-refractivity contribution in [2.75, 3.05) is 23.8 Å². The van der Waals surface area contributed by atoms with Crippen molar-refractivity contribution in [3.8, 4) is 5.75 Å². The zero-order chi connectivity index (χ0) is 22.8. The van der Waals surface area contributed by atoms with E-state index in [0.29, 0.717) is 36.5 Å². The lowest BCUT2D eigenvalue weighted by Gasteiger charge is -2.09. The van der Waals surface area contributed by atoms with Crippen molar-refractivity contribution in [3.63, 3.8) is 0 Å². The number of furan rings is 1. The Morgan fingerprint density at radius 3 is 2.22 bits per heavy atom. The van der Waals surface area contributed by atoms with E-state index < -0.39 is 0 Å². The molecule has 1 heterocycles. The van der Waals surface area contributed by atoms with Crippen LogP contribution in [0.5, 0.6) is 5.75 Å². The fraction of sp³-hybridized carbons (Fsp3) is 0.208. The third-order valence-electron chi connectivity index (χ3n) is 4.47. The SMILES string of the molecule is CCOc1ccc(NC(=O)c2ccc(NC(=O)CCCNC(=O)c3ccco3)cc2)cc1. The number of anilines is 2. The Morgan fingerprint density at radius 2 is 1.56 bits per heavy atom. The molecule has 0 radical (unpaired) electrons. The number of hydrogen-bond donors (Lipinski definition) is 3. The Kier molecular flexibility index (Phi) is 8.02. The van der Waals surface area contributed by atoms with Crippen LogP contribution in [-0.4, -0.2) is 30.9 Å². The minimum absolute atomic E-state index is 0.177. The fourth-order valence-corrected chi connectivity index (χ4v) is 2.88. The molecule has 0 spiro atoms. The predicted molar refractivity (Wildman–Crippen MR) is 121 cm³/mol. The molecule has 0 saturated carbocycles. The number of ether oxygens (including phenoxy) is 1. The molecule has 3 N–H and O–H groups in total. The summed E-state index contributed by atoms with van der Waals surface area (Å²) in [6.07, 6.45) is 2.16. The number of carbonyl (C=O) groups excluding carboxylic acids is 3.